The SMILES string of the molecule is CSc1cccc(NCc2nnnn2-c2ccccc2)c1. The Morgan fingerprint density at radius 3 is 2.76 bits per heavy atom. The predicted molar refractivity (Wildman–Crippen MR) is 84.7 cm³/mol. The zero-order valence-corrected chi connectivity index (χ0v) is 12.4. The van der Waals surface area contributed by atoms with Crippen LogP contribution in [0, 0.1) is 0 Å². The molecule has 0 spiro atoms. The molecule has 0 bridgehead atoms. The minimum Gasteiger partial charge on any atom is -0.378 e. The molecule has 0 atom stereocenters. The van der Waals surface area contributed by atoms with E-state index in [1.165, 1.54) is 4.90 Å². The lowest BCUT2D eigenvalue weighted by atomic mass is 10.3. The quantitative estimate of drug-likeness (QED) is 0.734. The summed E-state index contributed by atoms with van der Waals surface area (Å²) in [5, 5.41) is 15.2. The molecule has 3 aromatic rings. The van der Waals surface area contributed by atoms with Crippen LogP contribution in [0.1, 0.15) is 5.82 Å². The number of benzene rings is 2. The zero-order chi connectivity index (χ0) is 14.5. The molecule has 3 rings (SSSR count). The zero-order valence-electron chi connectivity index (χ0n) is 11.6. The third kappa shape index (κ3) is 3.22. The fraction of sp³-hybridized carbons (Fsp3) is 0.133. The largest absolute Gasteiger partial charge is 0.378 e. The topological polar surface area (TPSA) is 55.6 Å². The number of nitrogens with one attached hydrogen (secondary N) is 1. The molecule has 0 amide bonds. The normalized spacial score (nSPS) is 10.5. The van der Waals surface area contributed by atoms with E-state index in [-0.39, 0.29) is 0 Å². The first-order valence-electron chi connectivity index (χ1n) is 6.57. The van der Waals surface area contributed by atoms with Crippen molar-refractivity contribution in [2.75, 3.05) is 11.6 Å². The van der Waals surface area contributed by atoms with Crippen LogP contribution in [0.2, 0.25) is 0 Å². The highest BCUT2D eigenvalue weighted by Crippen LogP contribution is 2.19. The fourth-order valence-electron chi connectivity index (χ4n) is 2.00. The fourth-order valence-corrected chi connectivity index (χ4v) is 2.46. The van der Waals surface area contributed by atoms with E-state index in [1.807, 2.05) is 42.5 Å². The van der Waals surface area contributed by atoms with Crippen molar-refractivity contribution in [3.63, 3.8) is 0 Å². The van der Waals surface area contributed by atoms with Crippen LogP contribution < -0.4 is 5.32 Å². The van der Waals surface area contributed by atoms with Crippen LogP contribution in [0.3, 0.4) is 0 Å². The second-order valence-corrected chi connectivity index (χ2v) is 5.31. The standard InChI is InChI=1S/C15H15N5S/c1-21-14-9-5-6-12(10-14)16-11-15-17-18-19-20(15)13-7-3-2-4-8-13/h2-10,16H,11H2,1H3. The molecule has 0 aliphatic carbocycles. The molecule has 0 aliphatic rings. The van der Waals surface area contributed by atoms with Crippen molar-refractivity contribution < 1.29 is 0 Å². The molecule has 5 nitrogen and oxygen atoms in total. The number of tetrazole rings is 1. The first kappa shape index (κ1) is 13.6. The third-order valence-corrected chi connectivity index (χ3v) is 3.78. The van der Waals surface area contributed by atoms with E-state index in [0.717, 1.165) is 17.2 Å². The summed E-state index contributed by atoms with van der Waals surface area (Å²) < 4.78 is 1.74. The summed E-state index contributed by atoms with van der Waals surface area (Å²) in [7, 11) is 0. The van der Waals surface area contributed by atoms with Crippen LogP contribution in [0.5, 0.6) is 0 Å². The van der Waals surface area contributed by atoms with Crippen molar-refractivity contribution in [3.05, 3.63) is 60.4 Å². The Labute approximate surface area is 127 Å². The number of hydrogen-bond acceptors (Lipinski definition) is 5. The van der Waals surface area contributed by atoms with E-state index < -0.39 is 0 Å². The molecule has 1 aromatic heterocycles. The Balaban J connectivity index is 1.76. The molecule has 2 aromatic carbocycles. The maximum atomic E-state index is 4.08. The molecule has 0 radical (unpaired) electrons. The van der Waals surface area contributed by atoms with Crippen molar-refractivity contribution in [1.82, 2.24) is 20.2 Å². The van der Waals surface area contributed by atoms with Crippen molar-refractivity contribution in [2.24, 2.45) is 0 Å². The minimum absolute atomic E-state index is 0.569. The van der Waals surface area contributed by atoms with Gasteiger partial charge in [0.2, 0.25) is 0 Å². The second-order valence-electron chi connectivity index (χ2n) is 4.43. The Morgan fingerprint density at radius 1 is 1.10 bits per heavy atom. The summed E-state index contributed by atoms with van der Waals surface area (Å²) in [6, 6.07) is 18.1. The number of thioether (sulfide) groups is 1. The average molecular weight is 297 g/mol. The molecule has 21 heavy (non-hydrogen) atoms. The number of hydrogen-bond donors (Lipinski definition) is 1. The van der Waals surface area contributed by atoms with Gasteiger partial charge in [0.15, 0.2) is 5.82 Å². The smallest absolute Gasteiger partial charge is 0.175 e. The second kappa shape index (κ2) is 6.41. The summed E-state index contributed by atoms with van der Waals surface area (Å²) in [6.07, 6.45) is 2.06. The molecule has 0 fully saturated rings. The number of nitrogens with zero attached hydrogens (tertiary/aromatic N) is 4. The van der Waals surface area contributed by atoms with Crippen molar-refractivity contribution >= 4 is 17.4 Å². The molecule has 0 saturated carbocycles. The lowest BCUT2D eigenvalue weighted by Gasteiger charge is -2.08. The highest BCUT2D eigenvalue weighted by Gasteiger charge is 2.07. The Kier molecular flexibility index (Phi) is 4.16. The van der Waals surface area contributed by atoms with E-state index >= 15 is 0 Å². The summed E-state index contributed by atoms with van der Waals surface area (Å²) in [5.74, 6) is 0.774. The summed E-state index contributed by atoms with van der Waals surface area (Å²) in [5.41, 5.74) is 2.02. The van der Waals surface area contributed by atoms with Gasteiger partial charge in [-0.25, -0.2) is 0 Å². The van der Waals surface area contributed by atoms with E-state index in [9.17, 15) is 0 Å². The van der Waals surface area contributed by atoms with Gasteiger partial charge in [-0.3, -0.25) is 0 Å². The monoisotopic (exact) mass is 297 g/mol. The van der Waals surface area contributed by atoms with Gasteiger partial charge in [0.05, 0.1) is 12.2 Å². The Hall–Kier alpha value is -2.34. The average Bonchev–Trinajstić information content (AvgIpc) is 3.02. The molecule has 6 heteroatoms. The summed E-state index contributed by atoms with van der Waals surface area (Å²) in [4.78, 5) is 1.22. The highest BCUT2D eigenvalue weighted by atomic mass is 32.2. The van der Waals surface area contributed by atoms with E-state index in [4.69, 9.17) is 0 Å². The van der Waals surface area contributed by atoms with Crippen LogP contribution >= 0.6 is 11.8 Å². The molecular formula is C15H15N5S. The molecule has 0 unspecified atom stereocenters. The van der Waals surface area contributed by atoms with Crippen molar-refractivity contribution in [3.8, 4) is 5.69 Å². The van der Waals surface area contributed by atoms with Gasteiger partial charge in [-0.2, -0.15) is 4.68 Å². The van der Waals surface area contributed by atoms with Gasteiger partial charge in [0.25, 0.3) is 0 Å². The lowest BCUT2D eigenvalue weighted by molar-refractivity contribution is 0.768. The third-order valence-electron chi connectivity index (χ3n) is 3.06. The molecule has 106 valence electrons. The van der Waals surface area contributed by atoms with E-state index in [1.54, 1.807) is 16.4 Å². The van der Waals surface area contributed by atoms with Gasteiger partial charge in [-0.15, -0.1) is 16.9 Å². The van der Waals surface area contributed by atoms with Crippen LogP contribution in [-0.2, 0) is 6.54 Å². The molecule has 1 heterocycles. The van der Waals surface area contributed by atoms with Crippen LogP contribution in [0.25, 0.3) is 5.69 Å². The van der Waals surface area contributed by atoms with Crippen LogP contribution in [0.4, 0.5) is 5.69 Å². The first-order chi connectivity index (χ1) is 10.4. The van der Waals surface area contributed by atoms with Gasteiger partial charge in [0, 0.05) is 10.6 Å². The minimum atomic E-state index is 0.569. The lowest BCUT2D eigenvalue weighted by Crippen LogP contribution is -2.08. The van der Waals surface area contributed by atoms with Gasteiger partial charge >= 0.3 is 0 Å². The predicted octanol–water partition coefficient (Wildman–Crippen LogP) is 3.00. The molecule has 0 aliphatic heterocycles. The number of rotatable bonds is 5. The van der Waals surface area contributed by atoms with E-state index in [0.29, 0.717) is 6.54 Å². The molecule has 1 N–H and O–H groups in total. The van der Waals surface area contributed by atoms with E-state index in [2.05, 4.69) is 39.2 Å². The molecule has 0 saturated heterocycles. The Morgan fingerprint density at radius 2 is 1.95 bits per heavy atom. The van der Waals surface area contributed by atoms with Gasteiger partial charge in [-0.1, -0.05) is 24.3 Å². The summed E-state index contributed by atoms with van der Waals surface area (Å²) >= 11 is 1.72. The number of aromatic nitrogens is 4. The van der Waals surface area contributed by atoms with Crippen LogP contribution in [-0.4, -0.2) is 26.5 Å². The van der Waals surface area contributed by atoms with Gasteiger partial charge in [-0.05, 0) is 47.0 Å². The highest BCUT2D eigenvalue weighted by molar-refractivity contribution is 7.98. The number of para-hydroxylation sites is 1. The van der Waals surface area contributed by atoms with Crippen LogP contribution in [0.15, 0.2) is 59.5 Å². The van der Waals surface area contributed by atoms with Crippen molar-refractivity contribution in [2.45, 2.75) is 11.4 Å². The molecular weight excluding hydrogens is 282 g/mol. The maximum absolute atomic E-state index is 4.08. The Bertz CT molecular complexity index is 711. The van der Waals surface area contributed by atoms with Crippen molar-refractivity contribution in [1.29, 1.82) is 0 Å². The summed E-state index contributed by atoms with van der Waals surface area (Å²) in [6.45, 7) is 0.569. The maximum Gasteiger partial charge on any atom is 0.175 e. The number of anilines is 1. The van der Waals surface area contributed by atoms with Gasteiger partial charge in [0.1, 0.15) is 0 Å². The first-order valence-corrected chi connectivity index (χ1v) is 7.80. The van der Waals surface area contributed by atoms with Gasteiger partial charge < -0.3 is 5.32 Å².